The van der Waals surface area contributed by atoms with E-state index in [4.69, 9.17) is 4.74 Å². The molecule has 0 bridgehead atoms. The number of hydrogen-bond donors (Lipinski definition) is 2. The van der Waals surface area contributed by atoms with Crippen molar-refractivity contribution >= 4 is 23.1 Å². The van der Waals surface area contributed by atoms with E-state index in [0.29, 0.717) is 53.8 Å². The van der Waals surface area contributed by atoms with Gasteiger partial charge in [-0.2, -0.15) is 0 Å². The molecule has 0 aliphatic carbocycles. The smallest absolute Gasteiger partial charge is 0.255 e. The topological polar surface area (TPSA) is 79.4 Å². The number of carbonyl (C=O) groups excluding carboxylic acids is 1. The van der Waals surface area contributed by atoms with Crippen LogP contribution in [-0.2, 0) is 11.3 Å². The minimum absolute atomic E-state index is 0.204. The summed E-state index contributed by atoms with van der Waals surface area (Å²) in [5.74, 6) is 0.0331. The number of amides is 1. The molecule has 1 amide bonds. The van der Waals surface area contributed by atoms with Gasteiger partial charge in [0.25, 0.3) is 5.91 Å². The third-order valence-electron chi connectivity index (χ3n) is 5.27. The first-order chi connectivity index (χ1) is 14.7. The van der Waals surface area contributed by atoms with Crippen LogP contribution >= 0.6 is 0 Å². The average molecular weight is 405 g/mol. The van der Waals surface area contributed by atoms with Crippen molar-refractivity contribution in [1.82, 2.24) is 15.3 Å². The Balaban J connectivity index is 1.48. The van der Waals surface area contributed by atoms with Gasteiger partial charge in [0.05, 0.1) is 54.3 Å². The minimum atomic E-state index is -0.360. The lowest BCUT2D eigenvalue weighted by atomic mass is 10.1. The van der Waals surface area contributed by atoms with Crippen molar-refractivity contribution in [2.45, 2.75) is 6.54 Å². The molecule has 1 aromatic carbocycles. The fraction of sp³-hybridized carbons (Fsp3) is 0.227. The first-order valence-corrected chi connectivity index (χ1v) is 9.82. The van der Waals surface area contributed by atoms with E-state index < -0.39 is 0 Å². The van der Waals surface area contributed by atoms with Crippen LogP contribution in [0.15, 0.2) is 48.7 Å². The highest BCUT2D eigenvalue weighted by molar-refractivity contribution is 6.04. The molecular formula is C22H20FN5O2. The summed E-state index contributed by atoms with van der Waals surface area (Å²) in [6.07, 6.45) is 1.80. The maximum atomic E-state index is 14.3. The molecule has 5 rings (SSSR count). The quantitative estimate of drug-likeness (QED) is 0.695. The van der Waals surface area contributed by atoms with Crippen LogP contribution in [0.1, 0.15) is 16.1 Å². The summed E-state index contributed by atoms with van der Waals surface area (Å²) < 4.78 is 19.7. The molecule has 0 radical (unpaired) electrons. The number of nitrogens with one attached hydrogen (secondary N) is 2. The molecule has 1 saturated heterocycles. The van der Waals surface area contributed by atoms with E-state index in [-0.39, 0.29) is 11.7 Å². The predicted octanol–water partition coefficient (Wildman–Crippen LogP) is 3.11. The van der Waals surface area contributed by atoms with Crippen LogP contribution in [-0.4, -0.2) is 42.2 Å². The molecule has 8 heteroatoms. The van der Waals surface area contributed by atoms with Crippen molar-refractivity contribution in [3.8, 4) is 11.3 Å². The van der Waals surface area contributed by atoms with E-state index in [0.717, 1.165) is 18.8 Å². The number of rotatable bonds is 4. The Labute approximate surface area is 172 Å². The average Bonchev–Trinajstić information content (AvgIpc) is 3.16. The van der Waals surface area contributed by atoms with Gasteiger partial charge in [-0.3, -0.25) is 4.79 Å². The normalized spacial score (nSPS) is 15.6. The number of halogens is 1. The van der Waals surface area contributed by atoms with E-state index in [1.54, 1.807) is 30.5 Å². The second-order valence-electron chi connectivity index (χ2n) is 7.17. The molecule has 7 nitrogen and oxygen atoms in total. The van der Waals surface area contributed by atoms with Gasteiger partial charge >= 0.3 is 0 Å². The zero-order valence-corrected chi connectivity index (χ0v) is 16.2. The number of ether oxygens (including phenoxy) is 1. The summed E-state index contributed by atoms with van der Waals surface area (Å²) in [4.78, 5) is 23.6. The molecule has 1 fully saturated rings. The fourth-order valence-corrected chi connectivity index (χ4v) is 3.74. The third-order valence-corrected chi connectivity index (χ3v) is 5.27. The summed E-state index contributed by atoms with van der Waals surface area (Å²) in [5.41, 5.74) is 3.49. The molecule has 2 N–H and O–H groups in total. The summed E-state index contributed by atoms with van der Waals surface area (Å²) in [5, 5.41) is 6.00. The highest BCUT2D eigenvalue weighted by Crippen LogP contribution is 2.32. The van der Waals surface area contributed by atoms with Gasteiger partial charge < -0.3 is 20.3 Å². The number of pyridine rings is 2. The Morgan fingerprint density at radius 3 is 2.73 bits per heavy atom. The molecule has 2 aliphatic heterocycles. The number of carbonyl (C=O) groups is 1. The molecule has 0 saturated carbocycles. The zero-order valence-electron chi connectivity index (χ0n) is 16.2. The van der Waals surface area contributed by atoms with Gasteiger partial charge in [0.15, 0.2) is 0 Å². The number of fused-ring (bicyclic) bond motifs is 1. The van der Waals surface area contributed by atoms with Gasteiger partial charge in [0.2, 0.25) is 0 Å². The summed E-state index contributed by atoms with van der Waals surface area (Å²) in [7, 11) is 0. The monoisotopic (exact) mass is 405 g/mol. The van der Waals surface area contributed by atoms with Crippen LogP contribution in [0.5, 0.6) is 0 Å². The second kappa shape index (κ2) is 7.72. The molecule has 3 aromatic rings. The van der Waals surface area contributed by atoms with Crippen molar-refractivity contribution < 1.29 is 13.9 Å². The van der Waals surface area contributed by atoms with E-state index in [9.17, 15) is 9.18 Å². The van der Waals surface area contributed by atoms with Crippen LogP contribution in [0, 0.1) is 5.82 Å². The van der Waals surface area contributed by atoms with Gasteiger partial charge in [-0.1, -0.05) is 12.1 Å². The van der Waals surface area contributed by atoms with Crippen molar-refractivity contribution in [1.29, 1.82) is 0 Å². The Bertz CT molecular complexity index is 1100. The summed E-state index contributed by atoms with van der Waals surface area (Å²) in [6.45, 7) is 3.39. The molecule has 30 heavy (non-hydrogen) atoms. The predicted molar refractivity (Wildman–Crippen MR) is 111 cm³/mol. The van der Waals surface area contributed by atoms with Crippen LogP contribution in [0.4, 0.5) is 21.6 Å². The number of aromatic nitrogens is 2. The van der Waals surface area contributed by atoms with Crippen molar-refractivity contribution in [3.63, 3.8) is 0 Å². The van der Waals surface area contributed by atoms with E-state index in [1.165, 1.54) is 6.07 Å². The van der Waals surface area contributed by atoms with Crippen LogP contribution < -0.4 is 15.5 Å². The number of anilines is 3. The first-order valence-electron chi connectivity index (χ1n) is 9.82. The molecular weight excluding hydrogens is 385 g/mol. The maximum Gasteiger partial charge on any atom is 0.255 e. The van der Waals surface area contributed by atoms with Crippen molar-refractivity contribution in [2.24, 2.45) is 0 Å². The first kappa shape index (κ1) is 18.5. The van der Waals surface area contributed by atoms with Crippen LogP contribution in [0.2, 0.25) is 0 Å². The lowest BCUT2D eigenvalue weighted by Gasteiger charge is -2.28. The van der Waals surface area contributed by atoms with Crippen LogP contribution in [0.3, 0.4) is 0 Å². The summed E-state index contributed by atoms with van der Waals surface area (Å²) in [6, 6.07) is 12.0. The van der Waals surface area contributed by atoms with Crippen LogP contribution in [0.25, 0.3) is 11.3 Å². The van der Waals surface area contributed by atoms with Gasteiger partial charge in [-0.05, 0) is 30.3 Å². The Morgan fingerprint density at radius 2 is 1.97 bits per heavy atom. The number of benzene rings is 1. The number of morpholine rings is 1. The molecule has 2 aliphatic rings. The van der Waals surface area contributed by atoms with Gasteiger partial charge in [-0.25, -0.2) is 14.4 Å². The molecule has 0 unspecified atom stereocenters. The number of nitrogens with zero attached hydrogens (tertiary/aromatic N) is 3. The van der Waals surface area contributed by atoms with Crippen molar-refractivity contribution in [3.05, 3.63) is 65.7 Å². The Morgan fingerprint density at radius 1 is 1.13 bits per heavy atom. The van der Waals surface area contributed by atoms with Gasteiger partial charge in [0, 0.05) is 18.7 Å². The Hall–Kier alpha value is -3.52. The SMILES string of the molecule is O=C1NCc2nc(-c3ccccc3F)cc(Nc3ccc(N4CCOCC4)cn3)c21. The Kier molecular flexibility index (Phi) is 4.76. The molecule has 4 heterocycles. The van der Waals surface area contributed by atoms with E-state index in [2.05, 4.69) is 25.5 Å². The zero-order chi connectivity index (χ0) is 20.5. The summed E-state index contributed by atoms with van der Waals surface area (Å²) >= 11 is 0. The lowest BCUT2D eigenvalue weighted by molar-refractivity contribution is 0.0966. The lowest BCUT2D eigenvalue weighted by Crippen LogP contribution is -2.36. The minimum Gasteiger partial charge on any atom is -0.378 e. The van der Waals surface area contributed by atoms with E-state index >= 15 is 0 Å². The highest BCUT2D eigenvalue weighted by atomic mass is 19.1. The van der Waals surface area contributed by atoms with E-state index in [1.807, 2.05) is 12.1 Å². The van der Waals surface area contributed by atoms with Crippen molar-refractivity contribution in [2.75, 3.05) is 36.5 Å². The largest absolute Gasteiger partial charge is 0.378 e. The number of hydrogen-bond acceptors (Lipinski definition) is 6. The molecule has 0 atom stereocenters. The van der Waals surface area contributed by atoms with Gasteiger partial charge in [0.1, 0.15) is 11.6 Å². The highest BCUT2D eigenvalue weighted by Gasteiger charge is 2.26. The standard InChI is InChI=1S/C22H20FN5O2/c23-16-4-2-1-3-15(16)17-11-18(21-19(26-17)13-25-22(21)29)27-20-6-5-14(12-24-20)28-7-9-30-10-8-28/h1-6,11-12H,7-10,13H2,(H,25,29)(H,24,26,27). The molecule has 2 aromatic heterocycles. The van der Waals surface area contributed by atoms with Gasteiger partial charge in [-0.15, -0.1) is 0 Å². The third kappa shape index (κ3) is 3.46. The fourth-order valence-electron chi connectivity index (χ4n) is 3.74. The molecule has 152 valence electrons. The maximum absolute atomic E-state index is 14.3. The molecule has 0 spiro atoms. The second-order valence-corrected chi connectivity index (χ2v) is 7.17.